The highest BCUT2D eigenvalue weighted by molar-refractivity contribution is 6.38. The molecule has 2 heterocycles. The third-order valence-electron chi connectivity index (χ3n) is 13.8. The SMILES string of the molecule is CCC[C@@H]1NC(=O)[C@H](COC(C)(C)C)N(C)C(=O)[C@@H](CC(C)C)NC(=O)CN(C)C(=O)COc2cccc(c2)[C@@H](CCc2ccc(OC)c(OC)c2)OC(=O)[C@@H]2CCCCN2C(=O)C(=O)C(C)(C)COC(=O)/C=C\CCN(C)C1=O. The van der Waals surface area contributed by atoms with Gasteiger partial charge in [0.1, 0.15) is 42.6 Å². The lowest BCUT2D eigenvalue weighted by atomic mass is 9.87. The van der Waals surface area contributed by atoms with E-state index in [1.165, 1.54) is 62.9 Å². The van der Waals surface area contributed by atoms with Crippen LogP contribution in [0, 0.1) is 11.3 Å². The number of ketones is 1. The first kappa shape index (κ1) is 65.5. The molecule has 2 aliphatic heterocycles. The van der Waals surface area contributed by atoms with Crippen molar-refractivity contribution in [2.24, 2.45) is 11.3 Å². The quantitative estimate of drug-likeness (QED) is 0.218. The van der Waals surface area contributed by atoms with Crippen LogP contribution in [0.2, 0.25) is 0 Å². The number of amides is 6. The zero-order chi connectivity index (χ0) is 59.5. The van der Waals surface area contributed by atoms with Gasteiger partial charge < -0.3 is 58.7 Å². The van der Waals surface area contributed by atoms with Gasteiger partial charge in [0.05, 0.1) is 38.4 Å². The number of aryl methyl sites for hydroxylation is 1. The molecule has 2 aliphatic rings. The van der Waals surface area contributed by atoms with Crippen molar-refractivity contribution < 1.29 is 71.6 Å². The monoisotopic (exact) mass is 1120 g/mol. The second-order valence-electron chi connectivity index (χ2n) is 22.5. The van der Waals surface area contributed by atoms with Gasteiger partial charge in [0, 0.05) is 40.3 Å². The van der Waals surface area contributed by atoms with E-state index in [4.69, 9.17) is 28.4 Å². The van der Waals surface area contributed by atoms with Gasteiger partial charge in [-0.1, -0.05) is 51.5 Å². The molecule has 0 aromatic heterocycles. The van der Waals surface area contributed by atoms with Crippen LogP contribution < -0.4 is 24.8 Å². The van der Waals surface area contributed by atoms with Gasteiger partial charge in [-0.2, -0.15) is 0 Å². The summed E-state index contributed by atoms with van der Waals surface area (Å²) in [5.41, 5.74) is -0.869. The number of fused-ring (bicyclic) bond motifs is 3. The number of hydrogen-bond acceptors (Lipinski definition) is 15. The van der Waals surface area contributed by atoms with Crippen molar-refractivity contribution in [2.45, 2.75) is 149 Å². The molecule has 0 radical (unpaired) electrons. The van der Waals surface area contributed by atoms with E-state index in [1.54, 1.807) is 58.2 Å². The molecule has 1 fully saturated rings. The molecule has 0 spiro atoms. The van der Waals surface area contributed by atoms with Crippen molar-refractivity contribution in [1.82, 2.24) is 30.2 Å². The smallest absolute Gasteiger partial charge is 0.330 e. The fourth-order valence-electron chi connectivity index (χ4n) is 9.08. The average molecular weight is 1120 g/mol. The summed E-state index contributed by atoms with van der Waals surface area (Å²) in [6, 6.07) is 7.64. The number of piperidine rings is 1. The molecule has 80 heavy (non-hydrogen) atoms. The molecule has 2 aromatic rings. The highest BCUT2D eigenvalue weighted by atomic mass is 16.5. The number of Topliss-reactive ketones (excluding diaryl/α,β-unsaturated/α-hetero) is 1. The Bertz CT molecular complexity index is 2520. The Morgan fingerprint density at radius 1 is 0.812 bits per heavy atom. The van der Waals surface area contributed by atoms with Gasteiger partial charge in [0.25, 0.3) is 11.8 Å². The van der Waals surface area contributed by atoms with Gasteiger partial charge in [-0.05, 0) is 127 Å². The number of likely N-dealkylation sites (N-methyl/N-ethyl adjacent to an activating group) is 3. The van der Waals surface area contributed by atoms with E-state index in [0.29, 0.717) is 42.7 Å². The Morgan fingerprint density at radius 3 is 2.19 bits per heavy atom. The van der Waals surface area contributed by atoms with Gasteiger partial charge in [-0.15, -0.1) is 0 Å². The van der Waals surface area contributed by atoms with E-state index in [-0.39, 0.29) is 63.5 Å². The summed E-state index contributed by atoms with van der Waals surface area (Å²) in [5.74, 6) is -4.99. The first-order chi connectivity index (χ1) is 37.7. The third-order valence-corrected chi connectivity index (χ3v) is 13.8. The van der Waals surface area contributed by atoms with Crippen LogP contribution in [0.15, 0.2) is 54.6 Å². The van der Waals surface area contributed by atoms with Crippen LogP contribution in [0.3, 0.4) is 0 Å². The van der Waals surface area contributed by atoms with Gasteiger partial charge in [-0.25, -0.2) is 9.59 Å². The number of benzene rings is 2. The molecule has 0 saturated carbocycles. The molecular weight excluding hydrogens is 1030 g/mol. The van der Waals surface area contributed by atoms with Crippen molar-refractivity contribution in [2.75, 3.05) is 74.8 Å². The minimum Gasteiger partial charge on any atom is -0.493 e. The number of ether oxygens (including phenoxy) is 6. The second kappa shape index (κ2) is 30.5. The Kier molecular flexibility index (Phi) is 25.0. The van der Waals surface area contributed by atoms with Crippen molar-refractivity contribution in [3.63, 3.8) is 0 Å². The molecule has 2 N–H and O–H groups in total. The molecule has 5 atom stereocenters. The summed E-state index contributed by atoms with van der Waals surface area (Å²) in [5, 5.41) is 5.62. The van der Waals surface area contributed by atoms with Crippen LogP contribution >= 0.6 is 0 Å². The van der Waals surface area contributed by atoms with Crippen LogP contribution in [0.5, 0.6) is 17.2 Å². The number of rotatable bonds is 11. The molecule has 0 unspecified atom stereocenters. The summed E-state index contributed by atoms with van der Waals surface area (Å²) >= 11 is 0. The zero-order valence-corrected chi connectivity index (χ0v) is 49.2. The van der Waals surface area contributed by atoms with Gasteiger partial charge in [-0.3, -0.25) is 33.6 Å². The molecule has 4 rings (SSSR count). The first-order valence-corrected chi connectivity index (χ1v) is 27.5. The van der Waals surface area contributed by atoms with E-state index in [1.807, 2.05) is 32.9 Å². The van der Waals surface area contributed by atoms with Crippen LogP contribution in [-0.2, 0) is 63.8 Å². The summed E-state index contributed by atoms with van der Waals surface area (Å²) in [6.07, 6.45) is 4.90. The molecule has 2 aromatic carbocycles. The number of esters is 2. The lowest BCUT2D eigenvalue weighted by molar-refractivity contribution is -0.165. The number of nitrogens with zero attached hydrogens (tertiary/aromatic N) is 4. The molecular formula is C59H86N6O15. The maximum Gasteiger partial charge on any atom is 0.330 e. The third kappa shape index (κ3) is 19.7. The fourth-order valence-corrected chi connectivity index (χ4v) is 9.08. The fraction of sp³-hybridized carbons (Fsp3) is 0.610. The molecule has 442 valence electrons. The number of cyclic esters (lactones) is 2. The largest absolute Gasteiger partial charge is 0.493 e. The first-order valence-electron chi connectivity index (χ1n) is 27.5. The summed E-state index contributed by atoms with van der Waals surface area (Å²) in [7, 11) is 7.46. The number of methoxy groups -OCH3 is 2. The number of nitrogens with one attached hydrogen (secondary N) is 2. The molecule has 21 heteroatoms. The Morgan fingerprint density at radius 2 is 1.52 bits per heavy atom. The predicted molar refractivity (Wildman–Crippen MR) is 297 cm³/mol. The summed E-state index contributed by atoms with van der Waals surface area (Å²) in [4.78, 5) is 130. The van der Waals surface area contributed by atoms with Crippen molar-refractivity contribution in [1.29, 1.82) is 0 Å². The zero-order valence-electron chi connectivity index (χ0n) is 49.2. The van der Waals surface area contributed by atoms with Gasteiger partial charge in [0.15, 0.2) is 18.1 Å². The van der Waals surface area contributed by atoms with Crippen molar-refractivity contribution in [3.8, 4) is 17.2 Å². The van der Waals surface area contributed by atoms with Gasteiger partial charge >= 0.3 is 11.9 Å². The van der Waals surface area contributed by atoms with E-state index in [2.05, 4.69) is 10.6 Å². The number of carbonyl (C=O) groups is 9. The molecule has 21 nitrogen and oxygen atoms in total. The summed E-state index contributed by atoms with van der Waals surface area (Å²) in [6.45, 7) is 12.6. The summed E-state index contributed by atoms with van der Waals surface area (Å²) < 4.78 is 34.7. The maximum atomic E-state index is 14.4. The highest BCUT2D eigenvalue weighted by Gasteiger charge is 2.43. The molecule has 2 bridgehead atoms. The van der Waals surface area contributed by atoms with E-state index >= 15 is 0 Å². The molecule has 0 aliphatic carbocycles. The Hall–Kier alpha value is -7.03. The minimum absolute atomic E-state index is 0.0919. The Labute approximate surface area is 471 Å². The number of hydrogen-bond donors (Lipinski definition) is 2. The van der Waals surface area contributed by atoms with E-state index in [9.17, 15) is 43.2 Å². The lowest BCUT2D eigenvalue weighted by Gasteiger charge is -2.36. The van der Waals surface area contributed by atoms with Crippen molar-refractivity contribution in [3.05, 3.63) is 65.7 Å². The van der Waals surface area contributed by atoms with E-state index in [0.717, 1.165) is 16.5 Å². The normalized spacial score (nSPS) is 23.0. The maximum absolute atomic E-state index is 14.4. The lowest BCUT2D eigenvalue weighted by Crippen LogP contribution is -2.59. The molecule has 6 amide bonds. The van der Waals surface area contributed by atoms with Crippen LogP contribution in [0.4, 0.5) is 0 Å². The van der Waals surface area contributed by atoms with Crippen LogP contribution in [-0.4, -0.2) is 177 Å². The standard InChI is InChI=1S/C59H86N6O15/c1-14-20-42-54(71)62(9)29-17-16-24-51(68)78-37-59(7,8)52(69)56(73)65-30-18-15-23-44(65)57(74)80-46(27-25-39-26-28-47(75-12)48(32-39)76-13)40-21-19-22-41(33-40)77-36-50(67)63(10)34-49(66)60-43(31-38(2)3)55(72)64(11)45(53(70)61-42)35-79-58(4,5)6/h16,19,21-22,24,26,28,32-33,38,42-46H,14-15,17-18,20,23,25,27,29-31,34-37H2,1-13H3,(H,60,66)(H,61,70)/b24-16-/t42-,43+,44-,45-,46+/m0/s1. The minimum atomic E-state index is -1.49. The van der Waals surface area contributed by atoms with Crippen molar-refractivity contribution >= 4 is 53.2 Å². The second-order valence-corrected chi connectivity index (χ2v) is 22.5. The molecule has 1 saturated heterocycles. The predicted octanol–water partition coefficient (Wildman–Crippen LogP) is 5.15. The van der Waals surface area contributed by atoms with Crippen LogP contribution in [0.25, 0.3) is 0 Å². The average Bonchev–Trinajstić information content (AvgIpc) is 3.41. The topological polar surface area (TPSA) is 246 Å². The van der Waals surface area contributed by atoms with Crippen LogP contribution in [0.1, 0.15) is 124 Å². The van der Waals surface area contributed by atoms with E-state index < -0.39 is 114 Å². The Balaban J connectivity index is 1.70. The number of carbonyl (C=O) groups excluding carboxylic acids is 9. The highest BCUT2D eigenvalue weighted by Crippen LogP contribution is 2.33. The van der Waals surface area contributed by atoms with Gasteiger partial charge in [0.2, 0.25) is 29.4 Å².